The molecule has 0 saturated carbocycles. The van der Waals surface area contributed by atoms with Crippen molar-refractivity contribution in [3.05, 3.63) is 83.9 Å². The van der Waals surface area contributed by atoms with Crippen LogP contribution in [0.3, 0.4) is 0 Å². The normalized spacial score (nSPS) is 10.7. The molecule has 0 aliphatic carbocycles. The van der Waals surface area contributed by atoms with Crippen molar-refractivity contribution in [3.63, 3.8) is 0 Å². The Balaban J connectivity index is 1.44. The summed E-state index contributed by atoms with van der Waals surface area (Å²) in [6.07, 6.45) is 1.29. The van der Waals surface area contributed by atoms with E-state index in [1.165, 1.54) is 18.0 Å². The fourth-order valence-electron chi connectivity index (χ4n) is 2.12. The molecule has 136 valence electrons. The summed E-state index contributed by atoms with van der Waals surface area (Å²) in [4.78, 5) is 12.9. The van der Waals surface area contributed by atoms with Crippen LogP contribution in [0.25, 0.3) is 0 Å². The second-order valence-corrected chi connectivity index (χ2v) is 7.00. The van der Waals surface area contributed by atoms with E-state index in [-0.39, 0.29) is 5.78 Å². The number of hydrazone groups is 1. The maximum absolute atomic E-state index is 11.9. The van der Waals surface area contributed by atoms with Crippen LogP contribution in [0.15, 0.2) is 88.9 Å². The average Bonchev–Trinajstić information content (AvgIpc) is 2.70. The van der Waals surface area contributed by atoms with Crippen LogP contribution >= 0.6 is 23.4 Å². The zero-order valence-electron chi connectivity index (χ0n) is 14.3. The third-order valence-corrected chi connectivity index (χ3v) is 4.72. The summed E-state index contributed by atoms with van der Waals surface area (Å²) in [6.45, 7) is 0. The van der Waals surface area contributed by atoms with Crippen LogP contribution in [-0.4, -0.2) is 17.8 Å². The number of thioether (sulfide) groups is 1. The Morgan fingerprint density at radius 2 is 1.63 bits per heavy atom. The Kier molecular flexibility index (Phi) is 6.90. The summed E-state index contributed by atoms with van der Waals surface area (Å²) in [6, 6.07) is 24.3. The first-order valence-electron chi connectivity index (χ1n) is 8.22. The molecule has 0 bridgehead atoms. The first-order valence-corrected chi connectivity index (χ1v) is 9.59. The SMILES string of the molecule is O=C(C=NNc1ccc(Oc2ccccc2)cc1)CSc1ccc(Cl)cc1. The lowest BCUT2D eigenvalue weighted by Crippen LogP contribution is -2.04. The van der Waals surface area contributed by atoms with Crippen molar-refractivity contribution < 1.29 is 9.53 Å². The number of para-hydroxylation sites is 1. The number of carbonyl (C=O) groups excluding carboxylic acids is 1. The number of ketones is 1. The molecule has 0 aromatic heterocycles. The maximum Gasteiger partial charge on any atom is 0.185 e. The van der Waals surface area contributed by atoms with Gasteiger partial charge in [0.2, 0.25) is 0 Å². The Bertz CT molecular complexity index is 898. The molecule has 0 amide bonds. The van der Waals surface area contributed by atoms with Gasteiger partial charge in [0.05, 0.1) is 17.7 Å². The third-order valence-electron chi connectivity index (χ3n) is 3.43. The minimum absolute atomic E-state index is 0.0773. The molecule has 3 rings (SSSR count). The van der Waals surface area contributed by atoms with Gasteiger partial charge in [-0.2, -0.15) is 5.10 Å². The Morgan fingerprint density at radius 3 is 2.33 bits per heavy atom. The second kappa shape index (κ2) is 9.80. The van der Waals surface area contributed by atoms with Gasteiger partial charge in [0.25, 0.3) is 0 Å². The predicted octanol–water partition coefficient (Wildman–Crippen LogP) is 5.89. The quantitative estimate of drug-likeness (QED) is 0.293. The van der Waals surface area contributed by atoms with Crippen LogP contribution in [0.5, 0.6) is 11.5 Å². The molecule has 0 aliphatic rings. The fraction of sp³-hybridized carbons (Fsp3) is 0.0476. The lowest BCUT2D eigenvalue weighted by Gasteiger charge is -2.06. The lowest BCUT2D eigenvalue weighted by atomic mass is 10.3. The van der Waals surface area contributed by atoms with E-state index in [2.05, 4.69) is 10.5 Å². The molecule has 0 atom stereocenters. The van der Waals surface area contributed by atoms with Crippen LogP contribution < -0.4 is 10.2 Å². The van der Waals surface area contributed by atoms with Crippen molar-refractivity contribution >= 4 is 41.0 Å². The second-order valence-electron chi connectivity index (χ2n) is 5.52. The van der Waals surface area contributed by atoms with E-state index in [9.17, 15) is 4.79 Å². The molecule has 0 unspecified atom stereocenters. The Labute approximate surface area is 167 Å². The number of Topliss-reactive ketones (excluding diaryl/α,β-unsaturated/α-hetero) is 1. The van der Waals surface area contributed by atoms with Crippen LogP contribution in [0.4, 0.5) is 5.69 Å². The van der Waals surface area contributed by atoms with E-state index in [1.807, 2.05) is 66.7 Å². The molecule has 0 heterocycles. The minimum atomic E-state index is -0.0773. The number of rotatable bonds is 8. The highest BCUT2D eigenvalue weighted by Gasteiger charge is 2.01. The molecule has 0 fully saturated rings. The highest BCUT2D eigenvalue weighted by Crippen LogP contribution is 2.23. The van der Waals surface area contributed by atoms with E-state index < -0.39 is 0 Å². The molecule has 0 aliphatic heterocycles. The summed E-state index contributed by atoms with van der Waals surface area (Å²) in [7, 11) is 0. The van der Waals surface area contributed by atoms with Gasteiger partial charge in [0.15, 0.2) is 5.78 Å². The average molecular weight is 397 g/mol. The van der Waals surface area contributed by atoms with Gasteiger partial charge in [-0.05, 0) is 60.7 Å². The molecular formula is C21H17ClN2O2S. The molecule has 3 aromatic rings. The number of hydrogen-bond donors (Lipinski definition) is 1. The lowest BCUT2D eigenvalue weighted by molar-refractivity contribution is -0.110. The van der Waals surface area contributed by atoms with E-state index in [1.54, 1.807) is 12.1 Å². The van der Waals surface area contributed by atoms with Crippen molar-refractivity contribution in [2.75, 3.05) is 11.2 Å². The van der Waals surface area contributed by atoms with Gasteiger partial charge < -0.3 is 4.74 Å². The Hall–Kier alpha value is -2.76. The van der Waals surface area contributed by atoms with E-state index in [0.29, 0.717) is 10.8 Å². The summed E-state index contributed by atoms with van der Waals surface area (Å²) in [5, 5.41) is 4.66. The van der Waals surface area contributed by atoms with Crippen LogP contribution in [-0.2, 0) is 4.79 Å². The molecule has 27 heavy (non-hydrogen) atoms. The van der Waals surface area contributed by atoms with Gasteiger partial charge in [0, 0.05) is 9.92 Å². The van der Waals surface area contributed by atoms with E-state index in [0.717, 1.165) is 22.1 Å². The number of nitrogens with one attached hydrogen (secondary N) is 1. The van der Waals surface area contributed by atoms with Gasteiger partial charge in [-0.15, -0.1) is 11.8 Å². The zero-order chi connectivity index (χ0) is 18.9. The number of hydrogen-bond acceptors (Lipinski definition) is 5. The largest absolute Gasteiger partial charge is 0.457 e. The topological polar surface area (TPSA) is 50.7 Å². The van der Waals surface area contributed by atoms with E-state index in [4.69, 9.17) is 16.3 Å². The number of carbonyl (C=O) groups is 1. The smallest absolute Gasteiger partial charge is 0.185 e. The molecule has 3 aromatic carbocycles. The maximum atomic E-state index is 11.9. The molecule has 0 saturated heterocycles. The molecular weight excluding hydrogens is 380 g/mol. The molecule has 0 spiro atoms. The van der Waals surface area contributed by atoms with Crippen molar-refractivity contribution in [2.24, 2.45) is 5.10 Å². The standard InChI is InChI=1S/C21H17ClN2O2S/c22-16-6-12-21(13-7-16)27-15-18(25)14-23-24-17-8-10-20(11-9-17)26-19-4-2-1-3-5-19/h1-14,24H,15H2. The van der Waals surface area contributed by atoms with Crippen LogP contribution in [0.1, 0.15) is 0 Å². The molecule has 4 nitrogen and oxygen atoms in total. The van der Waals surface area contributed by atoms with Crippen molar-refractivity contribution in [2.45, 2.75) is 4.90 Å². The molecule has 0 radical (unpaired) electrons. The number of nitrogens with zero attached hydrogens (tertiary/aromatic N) is 1. The number of ether oxygens (including phenoxy) is 1. The van der Waals surface area contributed by atoms with Crippen LogP contribution in [0.2, 0.25) is 5.02 Å². The van der Waals surface area contributed by atoms with E-state index >= 15 is 0 Å². The zero-order valence-corrected chi connectivity index (χ0v) is 15.9. The van der Waals surface area contributed by atoms with Gasteiger partial charge in [0.1, 0.15) is 11.5 Å². The first-order chi connectivity index (χ1) is 13.2. The highest BCUT2D eigenvalue weighted by atomic mass is 35.5. The summed E-state index contributed by atoms with van der Waals surface area (Å²) >= 11 is 7.28. The summed E-state index contributed by atoms with van der Waals surface area (Å²) in [5.41, 5.74) is 3.61. The number of anilines is 1. The predicted molar refractivity (Wildman–Crippen MR) is 112 cm³/mol. The van der Waals surface area contributed by atoms with Gasteiger partial charge in [-0.25, -0.2) is 0 Å². The van der Waals surface area contributed by atoms with Crippen molar-refractivity contribution in [1.82, 2.24) is 0 Å². The first kappa shape index (κ1) is 19.0. The number of benzene rings is 3. The molecule has 1 N–H and O–H groups in total. The van der Waals surface area contributed by atoms with Crippen molar-refractivity contribution in [3.8, 4) is 11.5 Å². The third kappa shape index (κ3) is 6.47. The monoisotopic (exact) mass is 396 g/mol. The van der Waals surface area contributed by atoms with Gasteiger partial charge in [-0.3, -0.25) is 10.2 Å². The fourth-order valence-corrected chi connectivity index (χ4v) is 2.96. The summed E-state index contributed by atoms with van der Waals surface area (Å²) < 4.78 is 5.73. The van der Waals surface area contributed by atoms with Gasteiger partial charge in [-0.1, -0.05) is 29.8 Å². The van der Waals surface area contributed by atoms with Crippen LogP contribution in [0, 0.1) is 0 Å². The highest BCUT2D eigenvalue weighted by molar-refractivity contribution is 8.00. The minimum Gasteiger partial charge on any atom is -0.457 e. The van der Waals surface area contributed by atoms with Crippen molar-refractivity contribution in [1.29, 1.82) is 0 Å². The van der Waals surface area contributed by atoms with Gasteiger partial charge >= 0.3 is 0 Å². The Morgan fingerprint density at radius 1 is 0.963 bits per heavy atom. The summed E-state index contributed by atoms with van der Waals surface area (Å²) in [5.74, 6) is 1.74. The number of halogens is 1. The molecule has 6 heteroatoms.